The Bertz CT molecular complexity index is 622. The maximum absolute atomic E-state index is 11.3. The SMILES string of the molecule is NC(=O)c1ccc(N)c(NC2C=CS(=O)(=O)C2)c1. The Hall–Kier alpha value is -2.02. The maximum Gasteiger partial charge on any atom is 0.248 e. The van der Waals surface area contributed by atoms with Crippen molar-refractivity contribution in [2.75, 3.05) is 16.8 Å². The van der Waals surface area contributed by atoms with Crippen LogP contribution in [0.1, 0.15) is 10.4 Å². The number of benzene rings is 1. The quantitative estimate of drug-likeness (QED) is 0.671. The normalized spacial score (nSPS) is 20.8. The summed E-state index contributed by atoms with van der Waals surface area (Å²) in [5.41, 5.74) is 12.2. The number of nitrogens with one attached hydrogen (secondary N) is 1. The van der Waals surface area contributed by atoms with Gasteiger partial charge in [-0.2, -0.15) is 0 Å². The molecule has 1 aromatic rings. The third-order valence-electron chi connectivity index (χ3n) is 2.61. The zero-order valence-electron chi connectivity index (χ0n) is 9.46. The number of nitrogen functional groups attached to an aromatic ring is 1. The predicted molar refractivity (Wildman–Crippen MR) is 69.7 cm³/mol. The second-order valence-electron chi connectivity index (χ2n) is 4.08. The van der Waals surface area contributed by atoms with E-state index in [-0.39, 0.29) is 11.8 Å². The Balaban J connectivity index is 2.22. The topological polar surface area (TPSA) is 115 Å². The van der Waals surface area contributed by atoms with Gasteiger partial charge in [-0.15, -0.1) is 0 Å². The Morgan fingerprint density at radius 2 is 2.11 bits per heavy atom. The Labute approximate surface area is 105 Å². The zero-order valence-corrected chi connectivity index (χ0v) is 10.3. The van der Waals surface area contributed by atoms with Crippen LogP contribution in [0.5, 0.6) is 0 Å². The summed E-state index contributed by atoms with van der Waals surface area (Å²) in [5.74, 6) is -0.583. The first kappa shape index (κ1) is 12.4. The number of primary amides is 1. The van der Waals surface area contributed by atoms with Crippen LogP contribution >= 0.6 is 0 Å². The molecule has 1 heterocycles. The molecule has 0 radical (unpaired) electrons. The van der Waals surface area contributed by atoms with Crippen molar-refractivity contribution >= 4 is 27.1 Å². The fourth-order valence-corrected chi connectivity index (χ4v) is 2.94. The molecule has 0 spiro atoms. The molecule has 96 valence electrons. The van der Waals surface area contributed by atoms with Crippen LogP contribution in [-0.2, 0) is 9.84 Å². The number of hydrogen-bond acceptors (Lipinski definition) is 5. The lowest BCUT2D eigenvalue weighted by Gasteiger charge is -2.14. The molecular weight excluding hydrogens is 254 g/mol. The number of sulfone groups is 1. The molecule has 1 amide bonds. The van der Waals surface area contributed by atoms with Crippen molar-refractivity contribution in [2.24, 2.45) is 5.73 Å². The van der Waals surface area contributed by atoms with Crippen LogP contribution in [0.25, 0.3) is 0 Å². The highest BCUT2D eigenvalue weighted by Crippen LogP contribution is 2.22. The van der Waals surface area contributed by atoms with E-state index in [1.54, 1.807) is 12.1 Å². The lowest BCUT2D eigenvalue weighted by atomic mass is 10.1. The number of amides is 1. The highest BCUT2D eigenvalue weighted by atomic mass is 32.2. The van der Waals surface area contributed by atoms with Gasteiger partial charge in [0.2, 0.25) is 5.91 Å². The molecule has 1 aromatic carbocycles. The number of carbonyl (C=O) groups is 1. The number of anilines is 2. The van der Waals surface area contributed by atoms with Crippen LogP contribution in [0.2, 0.25) is 0 Å². The fraction of sp³-hybridized carbons (Fsp3) is 0.182. The van der Waals surface area contributed by atoms with Crippen LogP contribution in [0.15, 0.2) is 29.7 Å². The minimum Gasteiger partial charge on any atom is -0.397 e. The monoisotopic (exact) mass is 267 g/mol. The molecule has 18 heavy (non-hydrogen) atoms. The van der Waals surface area contributed by atoms with Gasteiger partial charge < -0.3 is 16.8 Å². The highest BCUT2D eigenvalue weighted by molar-refractivity contribution is 7.94. The van der Waals surface area contributed by atoms with Crippen LogP contribution < -0.4 is 16.8 Å². The number of nitrogens with two attached hydrogens (primary N) is 2. The molecule has 5 N–H and O–H groups in total. The number of rotatable bonds is 3. The van der Waals surface area contributed by atoms with Crippen molar-refractivity contribution in [1.82, 2.24) is 0 Å². The van der Waals surface area contributed by atoms with Gasteiger partial charge in [0, 0.05) is 11.0 Å². The average Bonchev–Trinajstić information content (AvgIpc) is 2.61. The lowest BCUT2D eigenvalue weighted by Crippen LogP contribution is -2.22. The molecule has 7 heteroatoms. The van der Waals surface area contributed by atoms with Gasteiger partial charge in [0.1, 0.15) is 0 Å². The second-order valence-corrected chi connectivity index (χ2v) is 6.01. The lowest BCUT2D eigenvalue weighted by molar-refractivity contribution is 0.100. The van der Waals surface area contributed by atoms with Gasteiger partial charge >= 0.3 is 0 Å². The zero-order chi connectivity index (χ0) is 13.3. The molecule has 1 aliphatic rings. The molecule has 0 aromatic heterocycles. The van der Waals surface area contributed by atoms with E-state index in [1.807, 2.05) is 0 Å². The van der Waals surface area contributed by atoms with Gasteiger partial charge in [-0.25, -0.2) is 8.42 Å². The summed E-state index contributed by atoms with van der Waals surface area (Å²) in [7, 11) is -3.13. The van der Waals surface area contributed by atoms with Crippen molar-refractivity contribution in [1.29, 1.82) is 0 Å². The summed E-state index contributed by atoms with van der Waals surface area (Å²) in [6.07, 6.45) is 1.55. The molecular formula is C11H13N3O3S. The van der Waals surface area contributed by atoms with Crippen LogP contribution in [0.3, 0.4) is 0 Å². The first-order valence-corrected chi connectivity index (χ1v) is 6.96. The third-order valence-corrected chi connectivity index (χ3v) is 4.00. The standard InChI is InChI=1S/C11H13N3O3S/c12-9-2-1-7(11(13)15)5-10(9)14-8-3-4-18(16,17)6-8/h1-5,8,14H,6,12H2,(H2,13,15). The number of hydrogen-bond donors (Lipinski definition) is 3. The van der Waals surface area contributed by atoms with Crippen molar-refractivity contribution in [3.05, 3.63) is 35.2 Å². The van der Waals surface area contributed by atoms with Crippen LogP contribution in [-0.4, -0.2) is 26.1 Å². The molecule has 0 aliphatic carbocycles. The number of carbonyl (C=O) groups excluding carboxylic acids is 1. The van der Waals surface area contributed by atoms with Gasteiger partial charge in [-0.05, 0) is 18.2 Å². The molecule has 0 bridgehead atoms. The molecule has 6 nitrogen and oxygen atoms in total. The molecule has 0 saturated carbocycles. The van der Waals surface area contributed by atoms with E-state index in [0.717, 1.165) is 0 Å². The summed E-state index contributed by atoms with van der Waals surface area (Å²) in [4.78, 5) is 11.0. The molecule has 1 aliphatic heterocycles. The van der Waals surface area contributed by atoms with Gasteiger partial charge in [-0.1, -0.05) is 6.08 Å². The van der Waals surface area contributed by atoms with Crippen molar-refractivity contribution in [2.45, 2.75) is 6.04 Å². The smallest absolute Gasteiger partial charge is 0.248 e. The van der Waals surface area contributed by atoms with Crippen LogP contribution in [0.4, 0.5) is 11.4 Å². The van der Waals surface area contributed by atoms with E-state index in [9.17, 15) is 13.2 Å². The first-order chi connectivity index (χ1) is 8.37. The predicted octanol–water partition coefficient (Wildman–Crippen LogP) is 0.0903. The fourth-order valence-electron chi connectivity index (χ4n) is 1.70. The van der Waals surface area contributed by atoms with E-state index in [1.165, 1.54) is 17.5 Å². The average molecular weight is 267 g/mol. The first-order valence-electron chi connectivity index (χ1n) is 5.24. The minimum atomic E-state index is -3.13. The van der Waals surface area contributed by atoms with E-state index < -0.39 is 15.7 Å². The third kappa shape index (κ3) is 2.62. The molecule has 1 atom stereocenters. The van der Waals surface area contributed by atoms with Crippen molar-refractivity contribution in [3.63, 3.8) is 0 Å². The molecule has 0 saturated heterocycles. The van der Waals surface area contributed by atoms with Gasteiger partial charge in [-0.3, -0.25) is 4.79 Å². The Kier molecular flexibility index (Phi) is 3.00. The summed E-state index contributed by atoms with van der Waals surface area (Å²) >= 11 is 0. The van der Waals surface area contributed by atoms with Gasteiger partial charge in [0.05, 0.1) is 23.2 Å². The van der Waals surface area contributed by atoms with E-state index >= 15 is 0 Å². The largest absolute Gasteiger partial charge is 0.397 e. The van der Waals surface area contributed by atoms with E-state index in [0.29, 0.717) is 16.9 Å². The van der Waals surface area contributed by atoms with Crippen LogP contribution in [0, 0.1) is 0 Å². The molecule has 1 unspecified atom stereocenters. The minimum absolute atomic E-state index is 0.0206. The van der Waals surface area contributed by atoms with Crippen molar-refractivity contribution in [3.8, 4) is 0 Å². The molecule has 2 rings (SSSR count). The second kappa shape index (κ2) is 4.34. The summed E-state index contributed by atoms with van der Waals surface area (Å²) in [5, 5.41) is 4.13. The van der Waals surface area contributed by atoms with Gasteiger partial charge in [0.25, 0.3) is 0 Å². The van der Waals surface area contributed by atoms with Gasteiger partial charge in [0.15, 0.2) is 9.84 Å². The summed E-state index contributed by atoms with van der Waals surface area (Å²) in [6, 6.07) is 4.23. The van der Waals surface area contributed by atoms with E-state index in [4.69, 9.17) is 11.5 Å². The van der Waals surface area contributed by atoms with Crippen molar-refractivity contribution < 1.29 is 13.2 Å². The Morgan fingerprint density at radius 3 is 2.67 bits per heavy atom. The van der Waals surface area contributed by atoms with E-state index in [2.05, 4.69) is 5.32 Å². The molecule has 0 fully saturated rings. The summed E-state index contributed by atoms with van der Waals surface area (Å²) in [6.45, 7) is 0. The maximum atomic E-state index is 11.3. The Morgan fingerprint density at radius 1 is 1.39 bits per heavy atom. The highest BCUT2D eigenvalue weighted by Gasteiger charge is 2.22. The summed E-state index contributed by atoms with van der Waals surface area (Å²) < 4.78 is 22.5.